The summed E-state index contributed by atoms with van der Waals surface area (Å²) < 4.78 is 5.59. The molecule has 0 aromatic heterocycles. The van der Waals surface area contributed by atoms with Gasteiger partial charge in [-0.05, 0) is 31.0 Å². The van der Waals surface area contributed by atoms with Gasteiger partial charge in [-0.3, -0.25) is 0 Å². The summed E-state index contributed by atoms with van der Waals surface area (Å²) in [7, 11) is 1.72. The highest BCUT2D eigenvalue weighted by Gasteiger charge is 2.29. The van der Waals surface area contributed by atoms with Crippen LogP contribution in [0.15, 0.2) is 54.6 Å². The molecule has 1 heterocycles. The summed E-state index contributed by atoms with van der Waals surface area (Å²) in [5, 5.41) is 17.3. The zero-order chi connectivity index (χ0) is 17.5. The summed E-state index contributed by atoms with van der Waals surface area (Å²) in [6.45, 7) is 1.08. The average molecular weight is 340 g/mol. The van der Waals surface area contributed by atoms with Gasteiger partial charge in [-0.1, -0.05) is 55.0 Å². The van der Waals surface area contributed by atoms with Crippen LogP contribution in [0.25, 0.3) is 0 Å². The van der Waals surface area contributed by atoms with Crippen molar-refractivity contribution in [1.29, 1.82) is 0 Å². The van der Waals surface area contributed by atoms with Crippen LogP contribution in [0.5, 0.6) is 5.75 Å². The predicted molar refractivity (Wildman–Crippen MR) is 101 cm³/mol. The van der Waals surface area contributed by atoms with Crippen LogP contribution in [0, 0.1) is 0 Å². The molecule has 2 aromatic rings. The van der Waals surface area contributed by atoms with Gasteiger partial charge in [0.2, 0.25) is 0 Å². The van der Waals surface area contributed by atoms with Gasteiger partial charge in [0.25, 0.3) is 0 Å². The zero-order valence-electron chi connectivity index (χ0n) is 14.8. The number of aliphatic hydroxyl groups excluding tert-OH is 1. The van der Waals surface area contributed by atoms with Crippen LogP contribution in [0.4, 0.5) is 0 Å². The van der Waals surface area contributed by atoms with E-state index in [2.05, 4.69) is 34.9 Å². The van der Waals surface area contributed by atoms with Crippen molar-refractivity contribution in [2.24, 2.45) is 0 Å². The largest absolute Gasteiger partial charge is 0.496 e. The van der Waals surface area contributed by atoms with Crippen LogP contribution >= 0.6 is 0 Å². The van der Waals surface area contributed by atoms with E-state index in [0.717, 1.165) is 24.3 Å². The maximum Gasteiger partial charge on any atom is 0.123 e. The van der Waals surface area contributed by atoms with Crippen LogP contribution < -0.4 is 15.4 Å². The molecular weight excluding hydrogens is 312 g/mol. The number of ether oxygens (including phenoxy) is 1. The summed E-state index contributed by atoms with van der Waals surface area (Å²) in [6.07, 6.45) is 3.40. The fraction of sp³-hybridized carbons (Fsp3) is 0.429. The van der Waals surface area contributed by atoms with Gasteiger partial charge in [-0.2, -0.15) is 0 Å². The third kappa shape index (κ3) is 4.40. The first kappa shape index (κ1) is 17.9. The molecule has 25 heavy (non-hydrogen) atoms. The maximum absolute atomic E-state index is 9.93. The van der Waals surface area contributed by atoms with Gasteiger partial charge >= 0.3 is 0 Å². The molecule has 0 unspecified atom stereocenters. The maximum atomic E-state index is 9.93. The molecule has 0 amide bonds. The number of methoxy groups -OCH3 is 1. The van der Waals surface area contributed by atoms with Crippen LogP contribution in [-0.2, 0) is 0 Å². The van der Waals surface area contributed by atoms with Crippen LogP contribution in [-0.4, -0.2) is 31.4 Å². The first-order valence-corrected chi connectivity index (χ1v) is 9.11. The molecule has 0 saturated carbocycles. The Morgan fingerprint density at radius 2 is 1.88 bits per heavy atom. The summed E-state index contributed by atoms with van der Waals surface area (Å²) in [6, 6.07) is 18.7. The quantitative estimate of drug-likeness (QED) is 0.756. The second kappa shape index (κ2) is 8.99. The summed E-state index contributed by atoms with van der Waals surface area (Å²) in [4.78, 5) is 0. The Hall–Kier alpha value is -1.88. The topological polar surface area (TPSA) is 53.5 Å². The van der Waals surface area contributed by atoms with Crippen molar-refractivity contribution >= 4 is 0 Å². The minimum atomic E-state index is -0.0664. The number of rotatable bonds is 6. The standard InChI is InChI=1S/C21H28N2O2/c1-25-20-13-6-5-11-17(20)21-18(12-7-8-14-22-21)23-19(15-24)16-9-3-2-4-10-16/h2-6,9-11,13,18-19,21-24H,7-8,12,14-15H2,1H3/t18-,19-,21+/m0/s1. The third-order valence-electron chi connectivity index (χ3n) is 4.98. The Balaban J connectivity index is 1.85. The number of nitrogens with one attached hydrogen (secondary N) is 2. The van der Waals surface area contributed by atoms with Crippen molar-refractivity contribution in [3.8, 4) is 5.75 Å². The lowest BCUT2D eigenvalue weighted by Crippen LogP contribution is -2.43. The molecule has 1 saturated heterocycles. The summed E-state index contributed by atoms with van der Waals surface area (Å²) in [5.41, 5.74) is 2.29. The molecule has 0 aliphatic carbocycles. The Morgan fingerprint density at radius 3 is 2.64 bits per heavy atom. The zero-order valence-corrected chi connectivity index (χ0v) is 14.8. The van der Waals surface area contributed by atoms with Gasteiger partial charge < -0.3 is 20.5 Å². The molecule has 4 nitrogen and oxygen atoms in total. The molecule has 1 aliphatic heterocycles. The van der Waals surface area contributed by atoms with Crippen LogP contribution in [0.3, 0.4) is 0 Å². The molecule has 2 aromatic carbocycles. The second-order valence-corrected chi connectivity index (χ2v) is 6.59. The molecule has 3 rings (SSSR count). The van der Waals surface area contributed by atoms with E-state index in [-0.39, 0.29) is 24.7 Å². The van der Waals surface area contributed by atoms with E-state index in [9.17, 15) is 5.11 Å². The fourth-order valence-electron chi connectivity index (χ4n) is 3.68. The van der Waals surface area contributed by atoms with E-state index >= 15 is 0 Å². The van der Waals surface area contributed by atoms with Crippen molar-refractivity contribution in [2.75, 3.05) is 20.3 Å². The van der Waals surface area contributed by atoms with Gasteiger partial charge in [0.05, 0.1) is 25.8 Å². The monoisotopic (exact) mass is 340 g/mol. The molecule has 0 bridgehead atoms. The highest BCUT2D eigenvalue weighted by atomic mass is 16.5. The Bertz CT molecular complexity index is 647. The Labute approximate surface area is 150 Å². The second-order valence-electron chi connectivity index (χ2n) is 6.59. The predicted octanol–water partition coefficient (Wildman–Crippen LogP) is 3.20. The molecular formula is C21H28N2O2. The first-order valence-electron chi connectivity index (χ1n) is 9.11. The van der Waals surface area contributed by atoms with E-state index in [4.69, 9.17) is 4.74 Å². The Morgan fingerprint density at radius 1 is 1.12 bits per heavy atom. The van der Waals surface area contributed by atoms with Gasteiger partial charge in [0.15, 0.2) is 0 Å². The molecule has 3 atom stereocenters. The van der Waals surface area contributed by atoms with E-state index in [1.54, 1.807) is 7.11 Å². The lowest BCUT2D eigenvalue weighted by Gasteiger charge is -2.31. The fourth-order valence-corrected chi connectivity index (χ4v) is 3.68. The molecule has 1 fully saturated rings. The lowest BCUT2D eigenvalue weighted by atomic mass is 9.94. The van der Waals surface area contributed by atoms with Gasteiger partial charge in [-0.25, -0.2) is 0 Å². The van der Waals surface area contributed by atoms with E-state index in [1.807, 2.05) is 30.3 Å². The van der Waals surface area contributed by atoms with Crippen molar-refractivity contribution in [3.05, 3.63) is 65.7 Å². The average Bonchev–Trinajstić information content (AvgIpc) is 2.92. The normalized spacial score (nSPS) is 22.2. The highest BCUT2D eigenvalue weighted by molar-refractivity contribution is 5.37. The molecule has 1 aliphatic rings. The number of hydrogen-bond acceptors (Lipinski definition) is 4. The van der Waals surface area contributed by atoms with E-state index in [1.165, 1.54) is 18.4 Å². The van der Waals surface area contributed by atoms with Crippen LogP contribution in [0.1, 0.15) is 42.5 Å². The minimum absolute atomic E-state index is 0.0664. The van der Waals surface area contributed by atoms with Crippen molar-refractivity contribution in [1.82, 2.24) is 10.6 Å². The smallest absolute Gasteiger partial charge is 0.123 e. The van der Waals surface area contributed by atoms with Crippen LogP contribution in [0.2, 0.25) is 0 Å². The minimum Gasteiger partial charge on any atom is -0.496 e. The SMILES string of the molecule is COc1ccccc1[C@H]1NCCCC[C@@H]1N[C@@H](CO)c1ccccc1. The first-order chi connectivity index (χ1) is 12.3. The highest BCUT2D eigenvalue weighted by Crippen LogP contribution is 2.31. The van der Waals surface area contributed by atoms with E-state index < -0.39 is 0 Å². The molecule has 4 heteroatoms. The van der Waals surface area contributed by atoms with Gasteiger partial charge in [0.1, 0.15) is 5.75 Å². The van der Waals surface area contributed by atoms with Gasteiger partial charge in [-0.15, -0.1) is 0 Å². The number of benzene rings is 2. The van der Waals surface area contributed by atoms with Gasteiger partial charge in [0, 0.05) is 11.6 Å². The lowest BCUT2D eigenvalue weighted by molar-refractivity contribution is 0.219. The molecule has 0 spiro atoms. The molecule has 3 N–H and O–H groups in total. The summed E-state index contributed by atoms with van der Waals surface area (Å²) >= 11 is 0. The Kier molecular flexibility index (Phi) is 6.45. The van der Waals surface area contributed by atoms with Crippen molar-refractivity contribution < 1.29 is 9.84 Å². The molecule has 0 radical (unpaired) electrons. The van der Waals surface area contributed by atoms with E-state index in [0.29, 0.717) is 0 Å². The number of aliphatic hydroxyl groups is 1. The summed E-state index contributed by atoms with van der Waals surface area (Å²) in [5.74, 6) is 0.911. The number of hydrogen-bond donors (Lipinski definition) is 3. The van der Waals surface area contributed by atoms with Crippen molar-refractivity contribution in [2.45, 2.75) is 37.4 Å². The van der Waals surface area contributed by atoms with Crippen molar-refractivity contribution in [3.63, 3.8) is 0 Å². The number of para-hydroxylation sites is 1. The molecule has 134 valence electrons. The third-order valence-corrected chi connectivity index (χ3v) is 4.98.